The van der Waals surface area contributed by atoms with Gasteiger partial charge in [0.15, 0.2) is 5.16 Å². The van der Waals surface area contributed by atoms with Crippen molar-refractivity contribution in [1.82, 2.24) is 14.8 Å². The Bertz CT molecular complexity index is 607. The molecule has 19 heavy (non-hydrogen) atoms. The molecule has 2 rings (SSSR count). The third kappa shape index (κ3) is 3.83. The molecule has 0 fully saturated rings. The van der Waals surface area contributed by atoms with E-state index in [4.69, 9.17) is 5.11 Å². The summed E-state index contributed by atoms with van der Waals surface area (Å²) < 4.78 is 1.99. The topological polar surface area (TPSA) is 50.9 Å². The average Bonchev–Trinajstić information content (AvgIpc) is 2.97. The first-order valence-electron chi connectivity index (χ1n) is 5.86. The molecule has 0 spiro atoms. The first-order chi connectivity index (χ1) is 9.20. The van der Waals surface area contributed by atoms with Crippen molar-refractivity contribution in [2.45, 2.75) is 24.3 Å². The Labute approximate surface area is 120 Å². The maximum Gasteiger partial charge on any atom is 0.191 e. The number of hydrogen-bond donors (Lipinski definition) is 1. The molecule has 0 saturated heterocycles. The number of nitrogens with zero attached hydrogens (tertiary/aromatic N) is 3. The van der Waals surface area contributed by atoms with Crippen molar-refractivity contribution in [1.29, 1.82) is 0 Å². The van der Waals surface area contributed by atoms with Crippen molar-refractivity contribution in [2.75, 3.05) is 6.61 Å². The fraction of sp³-hybridized carbons (Fsp3) is 0.385. The van der Waals surface area contributed by atoms with E-state index in [-0.39, 0.29) is 6.61 Å². The van der Waals surface area contributed by atoms with Gasteiger partial charge >= 0.3 is 0 Å². The molecule has 0 aliphatic carbocycles. The predicted molar refractivity (Wildman–Crippen MR) is 78.2 cm³/mol. The van der Waals surface area contributed by atoms with Gasteiger partial charge < -0.3 is 9.67 Å². The van der Waals surface area contributed by atoms with Gasteiger partial charge in [0.2, 0.25) is 0 Å². The number of aliphatic hydroxyl groups is 1. The van der Waals surface area contributed by atoms with Crippen LogP contribution in [0.1, 0.15) is 22.7 Å². The maximum absolute atomic E-state index is 8.67. The Kier molecular flexibility index (Phi) is 5.02. The summed E-state index contributed by atoms with van der Waals surface area (Å²) in [5.74, 6) is 7.76. The van der Waals surface area contributed by atoms with Crippen LogP contribution in [0.5, 0.6) is 0 Å². The van der Waals surface area contributed by atoms with Gasteiger partial charge in [-0.1, -0.05) is 23.6 Å². The summed E-state index contributed by atoms with van der Waals surface area (Å²) in [4.78, 5) is 1.26. The van der Waals surface area contributed by atoms with Gasteiger partial charge in [0.1, 0.15) is 5.82 Å². The van der Waals surface area contributed by atoms with Gasteiger partial charge in [-0.2, -0.15) is 0 Å². The summed E-state index contributed by atoms with van der Waals surface area (Å²) in [7, 11) is 1.97. The molecule has 2 heterocycles. The van der Waals surface area contributed by atoms with Crippen LogP contribution in [0, 0.1) is 18.8 Å². The lowest BCUT2D eigenvalue weighted by atomic mass is 10.3. The highest BCUT2D eigenvalue weighted by molar-refractivity contribution is 7.98. The van der Waals surface area contributed by atoms with Crippen LogP contribution < -0.4 is 0 Å². The highest BCUT2D eigenvalue weighted by atomic mass is 32.2. The van der Waals surface area contributed by atoms with E-state index in [1.165, 1.54) is 4.88 Å². The van der Waals surface area contributed by atoms with Gasteiger partial charge in [-0.3, -0.25) is 0 Å². The van der Waals surface area contributed by atoms with E-state index in [1.54, 1.807) is 23.1 Å². The number of hydrogen-bond acceptors (Lipinski definition) is 5. The molecule has 0 bridgehead atoms. The smallest absolute Gasteiger partial charge is 0.191 e. The second kappa shape index (κ2) is 6.75. The Morgan fingerprint density at radius 1 is 1.47 bits per heavy atom. The van der Waals surface area contributed by atoms with E-state index >= 15 is 0 Å². The lowest BCUT2D eigenvalue weighted by Gasteiger charge is -1.99. The first-order valence-corrected chi connectivity index (χ1v) is 7.73. The molecule has 4 nitrogen and oxygen atoms in total. The highest BCUT2D eigenvalue weighted by Gasteiger charge is 2.06. The third-order valence-electron chi connectivity index (χ3n) is 2.52. The van der Waals surface area contributed by atoms with Crippen LogP contribution in [0.25, 0.3) is 0 Å². The number of aryl methyl sites for hydroxylation is 1. The average molecular weight is 293 g/mol. The standard InChI is InChI=1S/C13H15N3OS2/c1-10-14-15-13(16(10)2)19-9-12-7-11(8-18-12)5-3-4-6-17/h7-8,17H,4,6,9H2,1-2H3. The Balaban J connectivity index is 1.94. The molecule has 6 heteroatoms. The summed E-state index contributed by atoms with van der Waals surface area (Å²) in [6.45, 7) is 2.06. The largest absolute Gasteiger partial charge is 0.395 e. The van der Waals surface area contributed by atoms with Gasteiger partial charge in [0.25, 0.3) is 0 Å². The van der Waals surface area contributed by atoms with Gasteiger partial charge in [0.05, 0.1) is 6.61 Å². The molecule has 2 aromatic rings. The van der Waals surface area contributed by atoms with Crippen LogP contribution in [-0.2, 0) is 12.8 Å². The monoisotopic (exact) mass is 293 g/mol. The molecular formula is C13H15N3OS2. The van der Waals surface area contributed by atoms with Gasteiger partial charge in [0, 0.05) is 35.0 Å². The zero-order valence-electron chi connectivity index (χ0n) is 10.9. The van der Waals surface area contributed by atoms with E-state index in [9.17, 15) is 0 Å². The van der Waals surface area contributed by atoms with E-state index in [2.05, 4.69) is 28.1 Å². The van der Waals surface area contributed by atoms with Gasteiger partial charge in [-0.15, -0.1) is 21.5 Å². The molecule has 100 valence electrons. The van der Waals surface area contributed by atoms with Crippen molar-refractivity contribution in [3.8, 4) is 11.8 Å². The summed E-state index contributed by atoms with van der Waals surface area (Å²) in [6, 6.07) is 2.09. The second-order valence-electron chi connectivity index (χ2n) is 3.95. The van der Waals surface area contributed by atoms with E-state index in [0.717, 1.165) is 22.3 Å². The van der Waals surface area contributed by atoms with Crippen LogP contribution in [-0.4, -0.2) is 26.5 Å². The van der Waals surface area contributed by atoms with Gasteiger partial charge in [-0.25, -0.2) is 0 Å². The highest BCUT2D eigenvalue weighted by Crippen LogP contribution is 2.24. The molecule has 0 atom stereocenters. The third-order valence-corrected chi connectivity index (χ3v) is 4.71. The van der Waals surface area contributed by atoms with Crippen molar-refractivity contribution in [2.24, 2.45) is 7.05 Å². The lowest BCUT2D eigenvalue weighted by molar-refractivity contribution is 0.305. The Morgan fingerprint density at radius 3 is 3.00 bits per heavy atom. The molecule has 0 saturated carbocycles. The molecular weight excluding hydrogens is 278 g/mol. The summed E-state index contributed by atoms with van der Waals surface area (Å²) in [6.07, 6.45) is 0.526. The van der Waals surface area contributed by atoms with Crippen LogP contribution in [0.4, 0.5) is 0 Å². The number of aliphatic hydroxyl groups excluding tert-OH is 1. The molecule has 1 N–H and O–H groups in total. The summed E-state index contributed by atoms with van der Waals surface area (Å²) in [5, 5.41) is 19.8. The molecule has 0 unspecified atom stereocenters. The minimum Gasteiger partial charge on any atom is -0.395 e. The van der Waals surface area contributed by atoms with Crippen molar-refractivity contribution in [3.05, 3.63) is 27.7 Å². The number of thiophene rings is 1. The van der Waals surface area contributed by atoms with Crippen LogP contribution in [0.3, 0.4) is 0 Å². The van der Waals surface area contributed by atoms with Crippen molar-refractivity contribution >= 4 is 23.1 Å². The van der Waals surface area contributed by atoms with Crippen molar-refractivity contribution < 1.29 is 5.11 Å². The van der Waals surface area contributed by atoms with Gasteiger partial charge in [-0.05, 0) is 13.0 Å². The molecule has 0 aliphatic rings. The minimum absolute atomic E-state index is 0.116. The van der Waals surface area contributed by atoms with E-state index in [1.807, 2.05) is 23.9 Å². The minimum atomic E-state index is 0.116. The first kappa shape index (κ1) is 14.1. The number of thioether (sulfide) groups is 1. The number of aromatic nitrogens is 3. The zero-order valence-corrected chi connectivity index (χ0v) is 12.5. The van der Waals surface area contributed by atoms with Crippen LogP contribution >= 0.6 is 23.1 Å². The summed E-state index contributed by atoms with van der Waals surface area (Å²) in [5.41, 5.74) is 1.02. The molecule has 0 aliphatic heterocycles. The quantitative estimate of drug-likeness (QED) is 0.693. The van der Waals surface area contributed by atoms with E-state index < -0.39 is 0 Å². The molecule has 2 aromatic heterocycles. The van der Waals surface area contributed by atoms with E-state index in [0.29, 0.717) is 6.42 Å². The van der Waals surface area contributed by atoms with Crippen molar-refractivity contribution in [3.63, 3.8) is 0 Å². The number of rotatable bonds is 4. The normalized spacial score (nSPS) is 10.3. The van der Waals surface area contributed by atoms with Crippen LogP contribution in [0.15, 0.2) is 16.6 Å². The Hall–Kier alpha value is -1.29. The van der Waals surface area contributed by atoms with Crippen LogP contribution in [0.2, 0.25) is 0 Å². The zero-order chi connectivity index (χ0) is 13.7. The second-order valence-corrected chi connectivity index (χ2v) is 5.89. The molecule has 0 amide bonds. The molecule has 0 aromatic carbocycles. The Morgan fingerprint density at radius 2 is 2.32 bits per heavy atom. The fourth-order valence-electron chi connectivity index (χ4n) is 1.39. The lowest BCUT2D eigenvalue weighted by Crippen LogP contribution is -1.93. The predicted octanol–water partition coefficient (Wildman–Crippen LogP) is 2.21. The SMILES string of the molecule is Cc1nnc(SCc2cc(C#CCCO)cs2)n1C. The maximum atomic E-state index is 8.67. The summed E-state index contributed by atoms with van der Waals surface area (Å²) >= 11 is 3.37. The fourth-order valence-corrected chi connectivity index (χ4v) is 3.22. The molecule has 0 radical (unpaired) electrons.